The third-order valence-electron chi connectivity index (χ3n) is 1.03. The lowest BCUT2D eigenvalue weighted by Crippen LogP contribution is -2.37. The van der Waals surface area contributed by atoms with Crippen molar-refractivity contribution in [2.75, 3.05) is 13.1 Å². The van der Waals surface area contributed by atoms with E-state index in [4.69, 9.17) is 17.3 Å². The van der Waals surface area contributed by atoms with Crippen molar-refractivity contribution in [3.05, 3.63) is 0 Å². The molecule has 0 aromatic carbocycles. The maximum atomic E-state index is 10.8. The lowest BCUT2D eigenvalue weighted by atomic mass is 10.3. The van der Waals surface area contributed by atoms with Crippen molar-refractivity contribution in [3.63, 3.8) is 0 Å². The molecule has 0 radical (unpaired) electrons. The van der Waals surface area contributed by atoms with Crippen LogP contribution >= 0.6 is 11.6 Å². The van der Waals surface area contributed by atoms with Crippen molar-refractivity contribution < 1.29 is 9.59 Å². The predicted molar refractivity (Wildman–Crippen MR) is 42.4 cm³/mol. The van der Waals surface area contributed by atoms with Crippen LogP contribution in [0.5, 0.6) is 0 Å². The molecule has 0 rings (SSSR count). The van der Waals surface area contributed by atoms with Crippen molar-refractivity contribution in [1.29, 1.82) is 0 Å². The van der Waals surface area contributed by atoms with Crippen LogP contribution in [0.4, 0.5) is 0 Å². The van der Waals surface area contributed by atoms with Crippen LogP contribution in [-0.4, -0.2) is 30.2 Å². The van der Waals surface area contributed by atoms with Gasteiger partial charge in [0, 0.05) is 13.1 Å². The Kier molecular flexibility index (Phi) is 4.81. The first kappa shape index (κ1) is 10.4. The van der Waals surface area contributed by atoms with E-state index in [-0.39, 0.29) is 5.78 Å². The zero-order valence-corrected chi connectivity index (χ0v) is 7.02. The Balaban J connectivity index is 3.74. The molecule has 0 aliphatic heterocycles. The molecule has 0 heterocycles. The van der Waals surface area contributed by atoms with Gasteiger partial charge in [0.15, 0.2) is 11.2 Å². The van der Waals surface area contributed by atoms with Crippen molar-refractivity contribution in [2.24, 2.45) is 5.73 Å². The van der Waals surface area contributed by atoms with Crippen LogP contribution in [0.25, 0.3) is 0 Å². The van der Waals surface area contributed by atoms with Gasteiger partial charge in [0.05, 0.1) is 0 Å². The van der Waals surface area contributed by atoms with E-state index in [0.717, 1.165) is 0 Å². The number of nitrogens with one attached hydrogen (secondary N) is 1. The van der Waals surface area contributed by atoms with Crippen LogP contribution in [0, 0.1) is 0 Å². The standard InChI is InChI=1S/C6H11ClN2O2/c1-4(10)5(7)6(11)9-3-2-8/h5H,2-3,8H2,1H3,(H,9,11). The summed E-state index contributed by atoms with van der Waals surface area (Å²) in [6, 6.07) is 0. The lowest BCUT2D eigenvalue weighted by Gasteiger charge is -2.05. The Morgan fingerprint density at radius 3 is 2.55 bits per heavy atom. The Morgan fingerprint density at radius 2 is 2.18 bits per heavy atom. The predicted octanol–water partition coefficient (Wildman–Crippen LogP) is -0.742. The zero-order valence-electron chi connectivity index (χ0n) is 6.26. The van der Waals surface area contributed by atoms with Gasteiger partial charge in [-0.2, -0.15) is 0 Å². The van der Waals surface area contributed by atoms with E-state index in [1.165, 1.54) is 6.92 Å². The molecular formula is C6H11ClN2O2. The molecule has 0 aromatic heterocycles. The molecule has 0 aromatic rings. The summed E-state index contributed by atoms with van der Waals surface area (Å²) in [6.45, 7) is 1.95. The molecule has 5 heteroatoms. The average molecular weight is 179 g/mol. The van der Waals surface area contributed by atoms with E-state index in [1.807, 2.05) is 0 Å². The fourth-order valence-electron chi connectivity index (χ4n) is 0.470. The van der Waals surface area contributed by atoms with E-state index in [9.17, 15) is 9.59 Å². The molecule has 0 fully saturated rings. The third kappa shape index (κ3) is 3.95. The van der Waals surface area contributed by atoms with Crippen molar-refractivity contribution in [3.8, 4) is 0 Å². The van der Waals surface area contributed by atoms with Gasteiger partial charge in [-0.1, -0.05) is 0 Å². The summed E-state index contributed by atoms with van der Waals surface area (Å²) >= 11 is 5.40. The molecule has 11 heavy (non-hydrogen) atoms. The SMILES string of the molecule is CC(=O)C(Cl)C(=O)NCCN. The van der Waals surface area contributed by atoms with E-state index in [2.05, 4.69) is 5.32 Å². The molecule has 0 saturated carbocycles. The summed E-state index contributed by atoms with van der Waals surface area (Å²) in [6.07, 6.45) is 0. The molecule has 1 amide bonds. The number of hydrogen-bond acceptors (Lipinski definition) is 3. The van der Waals surface area contributed by atoms with Gasteiger partial charge in [0.2, 0.25) is 5.91 Å². The summed E-state index contributed by atoms with van der Waals surface area (Å²) in [7, 11) is 0. The highest BCUT2D eigenvalue weighted by molar-refractivity contribution is 6.41. The summed E-state index contributed by atoms with van der Waals surface area (Å²) in [5.74, 6) is -0.842. The average Bonchev–Trinajstić information content (AvgIpc) is 1.98. The van der Waals surface area contributed by atoms with Gasteiger partial charge in [-0.25, -0.2) is 0 Å². The minimum atomic E-state index is -1.08. The molecular weight excluding hydrogens is 168 g/mol. The number of carbonyl (C=O) groups is 2. The fraction of sp³-hybridized carbons (Fsp3) is 0.667. The fourth-order valence-corrected chi connectivity index (χ4v) is 0.547. The molecule has 1 atom stereocenters. The number of halogens is 1. The van der Waals surface area contributed by atoms with Gasteiger partial charge in [0.1, 0.15) is 0 Å². The first-order chi connectivity index (χ1) is 5.09. The quantitative estimate of drug-likeness (QED) is 0.440. The second-order valence-electron chi connectivity index (χ2n) is 2.05. The van der Waals surface area contributed by atoms with Crippen LogP contribution < -0.4 is 11.1 Å². The molecule has 0 aliphatic rings. The summed E-state index contributed by atoms with van der Waals surface area (Å²) < 4.78 is 0. The number of nitrogens with two attached hydrogens (primary N) is 1. The van der Waals surface area contributed by atoms with Gasteiger partial charge in [0.25, 0.3) is 0 Å². The Morgan fingerprint density at radius 1 is 1.64 bits per heavy atom. The van der Waals surface area contributed by atoms with Gasteiger partial charge in [-0.3, -0.25) is 9.59 Å². The van der Waals surface area contributed by atoms with Crippen LogP contribution in [0.2, 0.25) is 0 Å². The Hall–Kier alpha value is -0.610. The molecule has 0 bridgehead atoms. The second kappa shape index (κ2) is 5.09. The smallest absolute Gasteiger partial charge is 0.245 e. The highest BCUT2D eigenvalue weighted by Gasteiger charge is 2.18. The molecule has 0 aliphatic carbocycles. The van der Waals surface area contributed by atoms with Crippen LogP contribution in [0.3, 0.4) is 0 Å². The monoisotopic (exact) mass is 178 g/mol. The minimum Gasteiger partial charge on any atom is -0.353 e. The topological polar surface area (TPSA) is 72.2 Å². The summed E-state index contributed by atoms with van der Waals surface area (Å²) in [5.41, 5.74) is 5.11. The summed E-state index contributed by atoms with van der Waals surface area (Å²) in [5, 5.41) is 1.31. The van der Waals surface area contributed by atoms with Gasteiger partial charge >= 0.3 is 0 Å². The maximum Gasteiger partial charge on any atom is 0.245 e. The number of carbonyl (C=O) groups excluding carboxylic acids is 2. The second-order valence-corrected chi connectivity index (χ2v) is 2.49. The largest absolute Gasteiger partial charge is 0.353 e. The normalized spacial score (nSPS) is 12.3. The molecule has 4 nitrogen and oxygen atoms in total. The van der Waals surface area contributed by atoms with E-state index in [1.54, 1.807) is 0 Å². The van der Waals surface area contributed by atoms with Crippen LogP contribution in [0.15, 0.2) is 0 Å². The summed E-state index contributed by atoms with van der Waals surface area (Å²) in [4.78, 5) is 21.3. The van der Waals surface area contributed by atoms with Crippen molar-refractivity contribution >= 4 is 23.3 Å². The van der Waals surface area contributed by atoms with Crippen LogP contribution in [0.1, 0.15) is 6.92 Å². The molecule has 0 spiro atoms. The first-order valence-corrected chi connectivity index (χ1v) is 3.65. The molecule has 0 saturated heterocycles. The third-order valence-corrected chi connectivity index (χ3v) is 1.54. The number of ketones is 1. The number of rotatable bonds is 4. The van der Waals surface area contributed by atoms with E-state index >= 15 is 0 Å². The van der Waals surface area contributed by atoms with Gasteiger partial charge < -0.3 is 11.1 Å². The molecule has 1 unspecified atom stereocenters. The number of Topliss-reactive ketones (excluding diaryl/α,β-unsaturated/α-hetero) is 1. The van der Waals surface area contributed by atoms with E-state index in [0.29, 0.717) is 13.1 Å². The van der Waals surface area contributed by atoms with E-state index < -0.39 is 11.3 Å². The minimum absolute atomic E-state index is 0.341. The first-order valence-electron chi connectivity index (χ1n) is 3.22. The maximum absolute atomic E-state index is 10.8. The van der Waals surface area contributed by atoms with Crippen LogP contribution in [-0.2, 0) is 9.59 Å². The van der Waals surface area contributed by atoms with Gasteiger partial charge in [-0.05, 0) is 6.92 Å². The highest BCUT2D eigenvalue weighted by Crippen LogP contribution is 1.95. The Labute approximate surface area is 70.1 Å². The Bertz CT molecular complexity index is 161. The lowest BCUT2D eigenvalue weighted by molar-refractivity contribution is -0.126. The van der Waals surface area contributed by atoms with Crippen molar-refractivity contribution in [2.45, 2.75) is 12.3 Å². The number of amides is 1. The number of alkyl halides is 1. The van der Waals surface area contributed by atoms with Crippen molar-refractivity contribution in [1.82, 2.24) is 5.32 Å². The highest BCUT2D eigenvalue weighted by atomic mass is 35.5. The number of hydrogen-bond donors (Lipinski definition) is 2. The molecule has 64 valence electrons. The zero-order chi connectivity index (χ0) is 8.85. The van der Waals surface area contributed by atoms with Gasteiger partial charge in [-0.15, -0.1) is 11.6 Å². The molecule has 3 N–H and O–H groups in total.